The van der Waals surface area contributed by atoms with Gasteiger partial charge in [0.05, 0.1) is 6.61 Å². The van der Waals surface area contributed by atoms with Gasteiger partial charge in [0, 0.05) is 6.61 Å². The van der Waals surface area contributed by atoms with Crippen LogP contribution in [0.25, 0.3) is 0 Å². The van der Waals surface area contributed by atoms with E-state index in [1.54, 1.807) is 0 Å². The predicted molar refractivity (Wildman–Crippen MR) is 48.4 cm³/mol. The Hall–Kier alpha value is 0.390. The zero-order valence-corrected chi connectivity index (χ0v) is 9.24. The average molecular weight is 292 g/mol. The fourth-order valence-corrected chi connectivity index (χ4v) is 0.665. The molecule has 2 nitrogen and oxygen atoms in total. The van der Waals surface area contributed by atoms with Gasteiger partial charge in [0.2, 0.25) is 9.40 Å². The van der Waals surface area contributed by atoms with Gasteiger partial charge >= 0.3 is 0 Å². The molecule has 0 radical (unpaired) electrons. The monoisotopic (exact) mass is 290 g/mol. The van der Waals surface area contributed by atoms with Crippen LogP contribution in [0.3, 0.4) is 0 Å². The molecule has 66 valence electrons. The molecule has 11 heavy (non-hydrogen) atoms. The van der Waals surface area contributed by atoms with Gasteiger partial charge < -0.3 is 9.47 Å². The number of ether oxygens (including phenoxy) is 2. The van der Waals surface area contributed by atoms with Gasteiger partial charge in [-0.05, 0) is 38.8 Å². The minimum atomic E-state index is -0.547. The summed E-state index contributed by atoms with van der Waals surface area (Å²) < 4.78 is 21.5. The fourth-order valence-electron chi connectivity index (χ4n) is 0.389. The number of halogens is 3. The largest absolute Gasteiger partial charge is 0.481 e. The molecule has 0 amide bonds. The predicted octanol–water partition coefficient (Wildman–Crippen LogP) is 2.93. The van der Waals surface area contributed by atoms with Crippen molar-refractivity contribution in [3.8, 4) is 0 Å². The summed E-state index contributed by atoms with van der Waals surface area (Å²) in [5.41, 5.74) is 0. The van der Waals surface area contributed by atoms with Crippen LogP contribution in [0, 0.1) is 0 Å². The van der Waals surface area contributed by atoms with E-state index in [1.807, 2.05) is 6.92 Å². The molecule has 0 unspecified atom stereocenters. The SMILES string of the molecule is CCOCCO/C(Br)=C(/F)Br. The number of hydrogen-bond acceptors (Lipinski definition) is 2. The summed E-state index contributed by atoms with van der Waals surface area (Å²) in [6, 6.07) is 0. The van der Waals surface area contributed by atoms with E-state index in [2.05, 4.69) is 31.9 Å². The molecule has 0 fully saturated rings. The van der Waals surface area contributed by atoms with E-state index in [4.69, 9.17) is 9.47 Å². The highest BCUT2D eigenvalue weighted by Gasteiger charge is 1.98. The number of hydrogen-bond donors (Lipinski definition) is 0. The molecule has 0 heterocycles. The van der Waals surface area contributed by atoms with Crippen molar-refractivity contribution in [1.29, 1.82) is 0 Å². The zero-order valence-electron chi connectivity index (χ0n) is 6.07. The van der Waals surface area contributed by atoms with Gasteiger partial charge in [0.25, 0.3) is 0 Å². The third kappa shape index (κ3) is 6.77. The van der Waals surface area contributed by atoms with Crippen molar-refractivity contribution in [2.24, 2.45) is 0 Å². The molecule has 0 aliphatic heterocycles. The first-order valence-electron chi connectivity index (χ1n) is 3.09. The molecule has 0 aliphatic rings. The lowest BCUT2D eigenvalue weighted by Gasteiger charge is -2.03. The van der Waals surface area contributed by atoms with Gasteiger partial charge in [-0.25, -0.2) is 0 Å². The van der Waals surface area contributed by atoms with E-state index in [9.17, 15) is 4.39 Å². The molecule has 0 N–H and O–H groups in total. The Morgan fingerprint density at radius 2 is 2.00 bits per heavy atom. The Morgan fingerprint density at radius 1 is 1.36 bits per heavy atom. The quantitative estimate of drug-likeness (QED) is 0.573. The maximum atomic E-state index is 12.2. The first-order valence-corrected chi connectivity index (χ1v) is 4.68. The van der Waals surface area contributed by atoms with Crippen molar-refractivity contribution >= 4 is 31.9 Å². The summed E-state index contributed by atoms with van der Waals surface area (Å²) in [5.74, 6) is 0. The summed E-state index contributed by atoms with van der Waals surface area (Å²) in [6.45, 7) is 3.33. The van der Waals surface area contributed by atoms with Crippen LogP contribution in [0.15, 0.2) is 9.40 Å². The maximum absolute atomic E-state index is 12.2. The normalized spacial score (nSPS) is 12.7. The van der Waals surface area contributed by atoms with E-state index < -0.39 is 4.74 Å². The lowest BCUT2D eigenvalue weighted by atomic mass is 10.7. The van der Waals surface area contributed by atoms with Crippen LogP contribution in [0.1, 0.15) is 6.92 Å². The van der Waals surface area contributed by atoms with E-state index >= 15 is 0 Å². The van der Waals surface area contributed by atoms with Crippen molar-refractivity contribution in [2.75, 3.05) is 19.8 Å². The lowest BCUT2D eigenvalue weighted by molar-refractivity contribution is 0.0899. The molecule has 5 heteroatoms. The molecule has 0 atom stereocenters. The standard InChI is InChI=1S/C6H9Br2FO2/c1-2-10-3-4-11-6(8)5(7)9/h2-4H2,1H3/b6-5+. The molecule has 0 saturated heterocycles. The van der Waals surface area contributed by atoms with Crippen molar-refractivity contribution in [2.45, 2.75) is 6.92 Å². The van der Waals surface area contributed by atoms with Crippen LogP contribution < -0.4 is 0 Å². The molecule has 0 spiro atoms. The van der Waals surface area contributed by atoms with Crippen molar-refractivity contribution in [3.05, 3.63) is 9.40 Å². The van der Waals surface area contributed by atoms with Crippen molar-refractivity contribution in [3.63, 3.8) is 0 Å². The van der Waals surface area contributed by atoms with Gasteiger partial charge in [-0.1, -0.05) is 0 Å². The van der Waals surface area contributed by atoms with Crippen LogP contribution in [-0.2, 0) is 9.47 Å². The van der Waals surface area contributed by atoms with Crippen molar-refractivity contribution in [1.82, 2.24) is 0 Å². The van der Waals surface area contributed by atoms with Gasteiger partial charge in [-0.2, -0.15) is 4.39 Å². The zero-order chi connectivity index (χ0) is 8.69. The van der Waals surface area contributed by atoms with E-state index in [-0.39, 0.29) is 4.67 Å². The second-order valence-corrected chi connectivity index (χ2v) is 3.00. The molecule has 0 rings (SSSR count). The van der Waals surface area contributed by atoms with Crippen LogP contribution in [0.5, 0.6) is 0 Å². The van der Waals surface area contributed by atoms with E-state index in [0.29, 0.717) is 19.8 Å². The second kappa shape index (κ2) is 7.06. The van der Waals surface area contributed by atoms with Gasteiger partial charge in [-0.3, -0.25) is 0 Å². The summed E-state index contributed by atoms with van der Waals surface area (Å²) in [7, 11) is 0. The molecule has 0 aliphatic carbocycles. The highest BCUT2D eigenvalue weighted by Crippen LogP contribution is 2.19. The third-order valence-corrected chi connectivity index (χ3v) is 2.28. The van der Waals surface area contributed by atoms with E-state index in [1.165, 1.54) is 0 Å². The van der Waals surface area contributed by atoms with Crippen molar-refractivity contribution < 1.29 is 13.9 Å². The highest BCUT2D eigenvalue weighted by molar-refractivity contribution is 9.14. The topological polar surface area (TPSA) is 18.5 Å². The maximum Gasteiger partial charge on any atom is 0.214 e. The summed E-state index contributed by atoms with van der Waals surface area (Å²) >= 11 is 5.48. The van der Waals surface area contributed by atoms with Gasteiger partial charge in [-0.15, -0.1) is 0 Å². The van der Waals surface area contributed by atoms with Crippen LogP contribution in [0.4, 0.5) is 4.39 Å². The van der Waals surface area contributed by atoms with Crippen LogP contribution in [0.2, 0.25) is 0 Å². The molecule has 0 saturated carbocycles. The Morgan fingerprint density at radius 3 is 2.45 bits per heavy atom. The molecule has 0 bridgehead atoms. The minimum absolute atomic E-state index is 0.0669. The average Bonchev–Trinajstić information content (AvgIpc) is 1.97. The second-order valence-electron chi connectivity index (χ2n) is 1.58. The molecular weight excluding hydrogens is 283 g/mol. The molecule has 0 aromatic rings. The molecular formula is C6H9Br2FO2. The van der Waals surface area contributed by atoms with Gasteiger partial charge in [0.15, 0.2) is 0 Å². The fraction of sp³-hybridized carbons (Fsp3) is 0.667. The summed E-state index contributed by atoms with van der Waals surface area (Å²) in [4.78, 5) is 0. The number of rotatable bonds is 5. The lowest BCUT2D eigenvalue weighted by Crippen LogP contribution is -2.01. The third-order valence-electron chi connectivity index (χ3n) is 0.809. The van der Waals surface area contributed by atoms with Crippen LogP contribution in [-0.4, -0.2) is 19.8 Å². The smallest absolute Gasteiger partial charge is 0.214 e. The first-order chi connectivity index (χ1) is 5.18. The Balaban J connectivity index is 3.32. The van der Waals surface area contributed by atoms with Crippen LogP contribution >= 0.6 is 31.9 Å². The Kier molecular flexibility index (Phi) is 7.31. The Labute approximate surface area is 82.0 Å². The molecule has 0 aromatic carbocycles. The molecule has 0 aromatic heterocycles. The van der Waals surface area contributed by atoms with E-state index in [0.717, 1.165) is 0 Å². The summed E-state index contributed by atoms with van der Waals surface area (Å²) in [6.07, 6.45) is 0. The minimum Gasteiger partial charge on any atom is -0.481 e. The van der Waals surface area contributed by atoms with Gasteiger partial charge in [0.1, 0.15) is 6.61 Å². The summed E-state index contributed by atoms with van der Waals surface area (Å²) in [5, 5.41) is 0. The Bertz CT molecular complexity index is 135. The first kappa shape index (κ1) is 11.4. The highest BCUT2D eigenvalue weighted by atomic mass is 79.9.